The lowest BCUT2D eigenvalue weighted by Gasteiger charge is -2.39. The zero-order valence-corrected chi connectivity index (χ0v) is 15.7. The average Bonchev–Trinajstić information content (AvgIpc) is 3.00. The van der Waals surface area contributed by atoms with Gasteiger partial charge < -0.3 is 4.90 Å². The normalized spacial score (nSPS) is 25.0. The van der Waals surface area contributed by atoms with E-state index < -0.39 is 9.84 Å². The van der Waals surface area contributed by atoms with Crippen molar-refractivity contribution in [1.29, 1.82) is 0 Å². The molecule has 6 heteroatoms. The Kier molecular flexibility index (Phi) is 5.79. The summed E-state index contributed by atoms with van der Waals surface area (Å²) in [6.07, 6.45) is 2.58. The maximum Gasteiger partial charge on any atom is 0.230 e. The first kappa shape index (κ1) is 18.4. The summed E-state index contributed by atoms with van der Waals surface area (Å²) >= 11 is 0. The molecule has 0 radical (unpaired) electrons. The van der Waals surface area contributed by atoms with Crippen molar-refractivity contribution < 1.29 is 13.2 Å². The molecule has 3 rings (SSSR count). The molecule has 2 aliphatic rings. The van der Waals surface area contributed by atoms with Gasteiger partial charge in [-0.1, -0.05) is 43.7 Å². The Labute approximate surface area is 150 Å². The minimum atomic E-state index is -2.85. The van der Waals surface area contributed by atoms with Gasteiger partial charge >= 0.3 is 0 Å². The van der Waals surface area contributed by atoms with Gasteiger partial charge in [0.05, 0.1) is 17.4 Å². The first-order valence-corrected chi connectivity index (χ1v) is 11.1. The van der Waals surface area contributed by atoms with E-state index in [1.54, 1.807) is 0 Å². The monoisotopic (exact) mass is 364 g/mol. The van der Waals surface area contributed by atoms with Crippen LogP contribution in [0.3, 0.4) is 0 Å². The largest absolute Gasteiger partial charge is 0.340 e. The maximum absolute atomic E-state index is 13.0. The second kappa shape index (κ2) is 7.87. The van der Waals surface area contributed by atoms with Crippen molar-refractivity contribution in [3.63, 3.8) is 0 Å². The predicted molar refractivity (Wildman–Crippen MR) is 99.3 cm³/mol. The molecule has 5 nitrogen and oxygen atoms in total. The minimum Gasteiger partial charge on any atom is -0.340 e. The molecule has 1 aromatic rings. The third kappa shape index (κ3) is 4.42. The molecule has 1 aromatic carbocycles. The van der Waals surface area contributed by atoms with Crippen LogP contribution in [0, 0.1) is 0 Å². The molecule has 0 bridgehead atoms. The first-order valence-electron chi connectivity index (χ1n) is 9.28. The molecule has 0 N–H and O–H groups in total. The fourth-order valence-electron chi connectivity index (χ4n) is 4.00. The number of amides is 1. The standard InChI is InChI=1S/C19H28N2O3S/c1-2-6-18(16-7-4-3-5-8-16)19(22)21-12-10-20(11-13-21)17-9-14-25(23,24)15-17/h3-5,7-8,17-18H,2,6,9-15H2,1H3. The summed E-state index contributed by atoms with van der Waals surface area (Å²) in [6, 6.07) is 10.2. The Bertz CT molecular complexity index is 682. The highest BCUT2D eigenvalue weighted by atomic mass is 32.2. The summed E-state index contributed by atoms with van der Waals surface area (Å²) in [6.45, 7) is 5.06. The van der Waals surface area contributed by atoms with Gasteiger partial charge in [0.15, 0.2) is 9.84 Å². The van der Waals surface area contributed by atoms with Gasteiger partial charge in [0, 0.05) is 32.2 Å². The molecule has 0 aliphatic carbocycles. The van der Waals surface area contributed by atoms with Crippen molar-refractivity contribution in [1.82, 2.24) is 9.80 Å². The van der Waals surface area contributed by atoms with Gasteiger partial charge in [-0.25, -0.2) is 8.42 Å². The van der Waals surface area contributed by atoms with Crippen LogP contribution < -0.4 is 0 Å². The number of benzene rings is 1. The van der Waals surface area contributed by atoms with E-state index in [-0.39, 0.29) is 23.6 Å². The van der Waals surface area contributed by atoms with E-state index in [1.165, 1.54) is 0 Å². The number of rotatable bonds is 5. The lowest BCUT2D eigenvalue weighted by Crippen LogP contribution is -2.53. The van der Waals surface area contributed by atoms with Gasteiger partial charge in [-0.15, -0.1) is 0 Å². The Balaban J connectivity index is 1.60. The summed E-state index contributed by atoms with van der Waals surface area (Å²) in [4.78, 5) is 17.3. The third-order valence-corrected chi connectivity index (χ3v) is 7.18. The lowest BCUT2D eigenvalue weighted by atomic mass is 9.93. The first-order chi connectivity index (χ1) is 12.0. The molecule has 138 valence electrons. The number of nitrogens with zero attached hydrogens (tertiary/aromatic N) is 2. The van der Waals surface area contributed by atoms with Crippen molar-refractivity contribution in [3.05, 3.63) is 35.9 Å². The van der Waals surface area contributed by atoms with E-state index in [9.17, 15) is 13.2 Å². The van der Waals surface area contributed by atoms with E-state index in [1.807, 2.05) is 35.2 Å². The van der Waals surface area contributed by atoms with Crippen molar-refractivity contribution in [2.45, 2.75) is 38.1 Å². The van der Waals surface area contributed by atoms with E-state index in [2.05, 4.69) is 11.8 Å². The fourth-order valence-corrected chi connectivity index (χ4v) is 5.76. The molecule has 2 fully saturated rings. The van der Waals surface area contributed by atoms with Gasteiger partial charge in [-0.3, -0.25) is 9.69 Å². The molecule has 25 heavy (non-hydrogen) atoms. The second-order valence-electron chi connectivity index (χ2n) is 7.17. The van der Waals surface area contributed by atoms with E-state index in [4.69, 9.17) is 0 Å². The van der Waals surface area contributed by atoms with E-state index >= 15 is 0 Å². The SMILES string of the molecule is CCCC(C(=O)N1CCN(C2CCS(=O)(=O)C2)CC1)c1ccccc1. The number of carbonyl (C=O) groups is 1. The number of sulfone groups is 1. The van der Waals surface area contributed by atoms with Crippen LogP contribution in [0.2, 0.25) is 0 Å². The molecule has 2 aliphatic heterocycles. The molecule has 2 saturated heterocycles. The van der Waals surface area contributed by atoms with Crippen LogP contribution in [0.25, 0.3) is 0 Å². The zero-order valence-electron chi connectivity index (χ0n) is 14.9. The highest BCUT2D eigenvalue weighted by Gasteiger charge is 2.35. The Morgan fingerprint density at radius 2 is 1.84 bits per heavy atom. The topological polar surface area (TPSA) is 57.7 Å². The fraction of sp³-hybridized carbons (Fsp3) is 0.632. The van der Waals surface area contributed by atoms with Crippen LogP contribution in [-0.4, -0.2) is 67.9 Å². The van der Waals surface area contributed by atoms with Crippen molar-refractivity contribution in [2.75, 3.05) is 37.7 Å². The number of piperazine rings is 1. The molecule has 0 spiro atoms. The van der Waals surface area contributed by atoms with Crippen LogP contribution in [0.15, 0.2) is 30.3 Å². The van der Waals surface area contributed by atoms with Crippen molar-refractivity contribution in [3.8, 4) is 0 Å². The predicted octanol–water partition coefficient (Wildman–Crippen LogP) is 1.90. The van der Waals surface area contributed by atoms with E-state index in [0.717, 1.165) is 37.9 Å². The highest BCUT2D eigenvalue weighted by molar-refractivity contribution is 7.91. The van der Waals surface area contributed by atoms with Gasteiger partial charge in [-0.05, 0) is 18.4 Å². The van der Waals surface area contributed by atoms with Crippen LogP contribution in [0.4, 0.5) is 0 Å². The Morgan fingerprint density at radius 3 is 2.40 bits per heavy atom. The Morgan fingerprint density at radius 1 is 1.16 bits per heavy atom. The second-order valence-corrected chi connectivity index (χ2v) is 9.40. The van der Waals surface area contributed by atoms with Gasteiger partial charge in [-0.2, -0.15) is 0 Å². The molecule has 2 heterocycles. The summed E-state index contributed by atoms with van der Waals surface area (Å²) < 4.78 is 23.4. The highest BCUT2D eigenvalue weighted by Crippen LogP contribution is 2.25. The smallest absolute Gasteiger partial charge is 0.230 e. The van der Waals surface area contributed by atoms with Crippen LogP contribution >= 0.6 is 0 Å². The summed E-state index contributed by atoms with van der Waals surface area (Å²) in [5.74, 6) is 0.739. The number of carbonyl (C=O) groups excluding carboxylic acids is 1. The quantitative estimate of drug-likeness (QED) is 0.801. The van der Waals surface area contributed by atoms with Gasteiger partial charge in [0.25, 0.3) is 0 Å². The molecule has 2 atom stereocenters. The lowest BCUT2D eigenvalue weighted by molar-refractivity contribution is -0.135. The molecule has 1 amide bonds. The average molecular weight is 365 g/mol. The zero-order chi connectivity index (χ0) is 17.9. The summed E-state index contributed by atoms with van der Waals surface area (Å²) in [5, 5.41) is 0. The molecule has 0 saturated carbocycles. The molecule has 2 unspecified atom stereocenters. The van der Waals surface area contributed by atoms with Crippen LogP contribution in [-0.2, 0) is 14.6 Å². The Hall–Kier alpha value is -1.40. The van der Waals surface area contributed by atoms with E-state index in [0.29, 0.717) is 18.8 Å². The van der Waals surface area contributed by atoms with Crippen molar-refractivity contribution in [2.24, 2.45) is 0 Å². The minimum absolute atomic E-state index is 0.0652. The van der Waals surface area contributed by atoms with Gasteiger partial charge in [0.1, 0.15) is 0 Å². The maximum atomic E-state index is 13.0. The van der Waals surface area contributed by atoms with Crippen molar-refractivity contribution >= 4 is 15.7 Å². The van der Waals surface area contributed by atoms with Crippen LogP contribution in [0.5, 0.6) is 0 Å². The molecular weight excluding hydrogens is 336 g/mol. The van der Waals surface area contributed by atoms with Gasteiger partial charge in [0.2, 0.25) is 5.91 Å². The van der Waals surface area contributed by atoms with Crippen LogP contribution in [0.1, 0.15) is 37.7 Å². The third-order valence-electron chi connectivity index (χ3n) is 5.43. The summed E-state index contributed by atoms with van der Waals surface area (Å²) in [7, 11) is -2.85. The summed E-state index contributed by atoms with van der Waals surface area (Å²) in [5.41, 5.74) is 1.10. The molecule has 0 aromatic heterocycles. The molecular formula is C19H28N2O3S. The number of hydrogen-bond donors (Lipinski definition) is 0. The number of hydrogen-bond acceptors (Lipinski definition) is 4.